The average molecular weight is 510 g/mol. The quantitative estimate of drug-likeness (QED) is 0.342. The number of benzene rings is 1. The topological polar surface area (TPSA) is 140 Å². The van der Waals surface area contributed by atoms with Gasteiger partial charge in [0.2, 0.25) is 11.8 Å². The summed E-state index contributed by atoms with van der Waals surface area (Å²) in [6.45, 7) is 5.53. The van der Waals surface area contributed by atoms with E-state index < -0.39 is 42.3 Å². The molecule has 0 spiro atoms. The summed E-state index contributed by atoms with van der Waals surface area (Å²) in [5.41, 5.74) is 2.81. The zero-order valence-electron chi connectivity index (χ0n) is 20.9. The molecule has 4 atom stereocenters. The molecule has 0 amide bonds. The molecule has 0 N–H and O–H groups in total. The maximum Gasteiger partial charge on any atom is 0.303 e. The first kappa shape index (κ1) is 26.0. The van der Waals surface area contributed by atoms with Crippen molar-refractivity contribution < 1.29 is 37.7 Å². The van der Waals surface area contributed by atoms with Crippen molar-refractivity contribution in [3.05, 3.63) is 54.0 Å². The maximum atomic E-state index is 11.9. The Morgan fingerprint density at radius 2 is 1.76 bits per heavy atom. The fraction of sp³-hybridized carbons (Fsp3) is 0.385. The third kappa shape index (κ3) is 6.56. The van der Waals surface area contributed by atoms with Crippen LogP contribution in [0.2, 0.25) is 0 Å². The van der Waals surface area contributed by atoms with Crippen molar-refractivity contribution in [3.63, 3.8) is 0 Å². The van der Waals surface area contributed by atoms with Crippen LogP contribution in [0.3, 0.4) is 0 Å². The Kier molecular flexibility index (Phi) is 7.92. The van der Waals surface area contributed by atoms with Gasteiger partial charge in [-0.15, -0.1) is 10.2 Å². The van der Waals surface area contributed by atoms with Crippen LogP contribution in [0.4, 0.5) is 0 Å². The molecule has 1 saturated heterocycles. The molecular formula is C26H27N3O8. The van der Waals surface area contributed by atoms with Crippen LogP contribution in [0, 0.1) is 6.92 Å². The van der Waals surface area contributed by atoms with E-state index in [9.17, 15) is 14.4 Å². The minimum absolute atomic E-state index is 0.0335. The van der Waals surface area contributed by atoms with E-state index in [1.54, 1.807) is 13.1 Å². The predicted molar refractivity (Wildman–Crippen MR) is 128 cm³/mol. The molecule has 4 unspecified atom stereocenters. The van der Waals surface area contributed by atoms with Crippen LogP contribution in [0.15, 0.2) is 47.0 Å². The molecule has 11 nitrogen and oxygen atoms in total. The minimum Gasteiger partial charge on any atom is -0.463 e. The molecule has 37 heavy (non-hydrogen) atoms. The molecule has 0 radical (unpaired) electrons. The molecule has 1 aromatic carbocycles. The lowest BCUT2D eigenvalue weighted by molar-refractivity contribution is -0.214. The highest BCUT2D eigenvalue weighted by Gasteiger charge is 2.44. The third-order valence-corrected chi connectivity index (χ3v) is 5.64. The van der Waals surface area contributed by atoms with Gasteiger partial charge in [0.1, 0.15) is 18.8 Å². The Hall–Kier alpha value is -4.12. The smallest absolute Gasteiger partial charge is 0.303 e. The van der Waals surface area contributed by atoms with Gasteiger partial charge in [-0.3, -0.25) is 19.4 Å². The van der Waals surface area contributed by atoms with Crippen LogP contribution in [-0.2, 0) is 33.3 Å². The number of aryl methyl sites for hydroxylation is 1. The van der Waals surface area contributed by atoms with Gasteiger partial charge in [0, 0.05) is 45.9 Å². The van der Waals surface area contributed by atoms with Gasteiger partial charge in [0.05, 0.1) is 17.4 Å². The number of nitrogens with zero attached hydrogens (tertiary/aromatic N) is 3. The van der Waals surface area contributed by atoms with E-state index in [0.29, 0.717) is 28.6 Å². The Labute approximate surface area is 213 Å². The fourth-order valence-corrected chi connectivity index (χ4v) is 4.15. The van der Waals surface area contributed by atoms with Gasteiger partial charge < -0.3 is 23.4 Å². The zero-order valence-corrected chi connectivity index (χ0v) is 20.9. The summed E-state index contributed by atoms with van der Waals surface area (Å²) in [4.78, 5) is 39.7. The van der Waals surface area contributed by atoms with Gasteiger partial charge in [0.25, 0.3) is 0 Å². The molecule has 0 aliphatic carbocycles. The van der Waals surface area contributed by atoms with Crippen molar-refractivity contribution in [2.75, 3.05) is 6.61 Å². The van der Waals surface area contributed by atoms with Crippen molar-refractivity contribution in [2.45, 2.75) is 58.5 Å². The Morgan fingerprint density at radius 1 is 0.973 bits per heavy atom. The number of hydrogen-bond acceptors (Lipinski definition) is 11. The third-order valence-electron chi connectivity index (χ3n) is 5.64. The first-order valence-electron chi connectivity index (χ1n) is 11.7. The average Bonchev–Trinajstić information content (AvgIpc) is 3.29. The number of pyridine rings is 1. The number of ether oxygens (including phenoxy) is 4. The first-order chi connectivity index (χ1) is 17.7. The van der Waals surface area contributed by atoms with Crippen LogP contribution >= 0.6 is 0 Å². The monoisotopic (exact) mass is 509 g/mol. The van der Waals surface area contributed by atoms with Crippen LogP contribution in [0.25, 0.3) is 22.7 Å². The maximum absolute atomic E-state index is 11.9. The summed E-state index contributed by atoms with van der Waals surface area (Å²) in [6.07, 6.45) is -1.23. The Morgan fingerprint density at radius 3 is 2.38 bits per heavy atom. The lowest BCUT2D eigenvalue weighted by atomic mass is 9.91. The van der Waals surface area contributed by atoms with E-state index in [4.69, 9.17) is 23.4 Å². The second-order valence-corrected chi connectivity index (χ2v) is 8.62. The van der Waals surface area contributed by atoms with E-state index in [-0.39, 0.29) is 13.0 Å². The highest BCUT2D eigenvalue weighted by molar-refractivity contribution is 5.68. The summed E-state index contributed by atoms with van der Waals surface area (Å²) in [6, 6.07) is 11.0. The van der Waals surface area contributed by atoms with E-state index in [0.717, 1.165) is 5.56 Å². The van der Waals surface area contributed by atoms with Crippen LogP contribution in [0.5, 0.6) is 0 Å². The van der Waals surface area contributed by atoms with Crippen molar-refractivity contribution >= 4 is 17.9 Å². The van der Waals surface area contributed by atoms with Gasteiger partial charge in [-0.1, -0.05) is 18.2 Å². The summed E-state index contributed by atoms with van der Waals surface area (Å²) in [5, 5.41) is 7.84. The lowest BCUT2D eigenvalue weighted by Crippen LogP contribution is -2.48. The second kappa shape index (κ2) is 11.3. The second-order valence-electron chi connectivity index (χ2n) is 8.62. The molecule has 0 bridgehead atoms. The molecular weight excluding hydrogens is 482 g/mol. The van der Waals surface area contributed by atoms with Gasteiger partial charge >= 0.3 is 17.9 Å². The van der Waals surface area contributed by atoms with Gasteiger partial charge in [0.15, 0.2) is 6.10 Å². The number of carbonyl (C=O) groups excluding carboxylic acids is 3. The van der Waals surface area contributed by atoms with Crippen molar-refractivity contribution in [1.82, 2.24) is 15.2 Å². The normalized spacial score (nSPS) is 21.2. The Bertz CT molecular complexity index is 1270. The summed E-state index contributed by atoms with van der Waals surface area (Å²) >= 11 is 0. The van der Waals surface area contributed by atoms with Crippen molar-refractivity contribution in [2.24, 2.45) is 0 Å². The summed E-state index contributed by atoms with van der Waals surface area (Å²) < 4.78 is 27.9. The van der Waals surface area contributed by atoms with E-state index in [1.165, 1.54) is 20.8 Å². The highest BCUT2D eigenvalue weighted by atomic mass is 16.6. The molecule has 0 saturated carbocycles. The number of carbonyl (C=O) groups is 3. The minimum atomic E-state index is -0.902. The molecule has 2 aromatic heterocycles. The molecule has 3 aromatic rings. The number of esters is 3. The molecule has 194 valence electrons. The lowest BCUT2D eigenvalue weighted by Gasteiger charge is -2.40. The molecule has 4 rings (SSSR count). The van der Waals surface area contributed by atoms with Gasteiger partial charge in [-0.2, -0.15) is 0 Å². The number of rotatable bonds is 7. The SMILES string of the molecule is CC(=O)OCC1CC(OC(C)=O)C(OC(C)=O)C(c2cccc(-c3ccc(-c4nnc(C)o4)cn3)c2)O1. The summed E-state index contributed by atoms with van der Waals surface area (Å²) in [5.74, 6) is -0.693. The number of hydrogen-bond donors (Lipinski definition) is 0. The predicted octanol–water partition coefficient (Wildman–Crippen LogP) is 3.36. The summed E-state index contributed by atoms with van der Waals surface area (Å²) in [7, 11) is 0. The van der Waals surface area contributed by atoms with E-state index in [2.05, 4.69) is 15.2 Å². The fourth-order valence-electron chi connectivity index (χ4n) is 4.15. The zero-order chi connectivity index (χ0) is 26.5. The van der Waals surface area contributed by atoms with Crippen LogP contribution in [-0.4, -0.2) is 58.0 Å². The van der Waals surface area contributed by atoms with Gasteiger partial charge in [-0.05, 0) is 23.8 Å². The Balaban J connectivity index is 1.64. The van der Waals surface area contributed by atoms with Gasteiger partial charge in [-0.25, -0.2) is 0 Å². The standard InChI is InChI=1S/C26H27N3O8/c1-14-28-29-26(34-14)20-8-9-22(27-12-20)18-6-5-7-19(10-18)24-25(36-17(4)32)23(35-16(3)31)11-21(37-24)13-33-15(2)30/h5-10,12,21,23-25H,11,13H2,1-4H3. The molecule has 1 fully saturated rings. The molecule has 3 heterocycles. The van der Waals surface area contributed by atoms with E-state index in [1.807, 2.05) is 36.4 Å². The largest absolute Gasteiger partial charge is 0.463 e. The number of aromatic nitrogens is 3. The van der Waals surface area contributed by atoms with Crippen LogP contribution in [0.1, 0.15) is 44.8 Å². The molecule has 1 aliphatic heterocycles. The molecule has 11 heteroatoms. The highest BCUT2D eigenvalue weighted by Crippen LogP contribution is 2.37. The van der Waals surface area contributed by atoms with Crippen LogP contribution < -0.4 is 0 Å². The van der Waals surface area contributed by atoms with Crippen molar-refractivity contribution in [1.29, 1.82) is 0 Å². The van der Waals surface area contributed by atoms with Crippen molar-refractivity contribution in [3.8, 4) is 22.7 Å². The molecule has 1 aliphatic rings. The first-order valence-corrected chi connectivity index (χ1v) is 11.7. The van der Waals surface area contributed by atoms with E-state index >= 15 is 0 Å².